The molecule has 1 aromatic carbocycles. The second-order valence-corrected chi connectivity index (χ2v) is 7.34. The molecule has 1 atom stereocenters. The maximum Gasteiger partial charge on any atom is 0.317 e. The van der Waals surface area contributed by atoms with Gasteiger partial charge in [-0.1, -0.05) is 43.2 Å². The molecule has 0 saturated heterocycles. The maximum atomic E-state index is 12.8. The zero-order valence-corrected chi connectivity index (χ0v) is 16.3. The lowest BCUT2D eigenvalue weighted by atomic mass is 9.79. The van der Waals surface area contributed by atoms with E-state index in [9.17, 15) is 4.79 Å². The summed E-state index contributed by atoms with van der Waals surface area (Å²) < 4.78 is 6.61. The van der Waals surface area contributed by atoms with E-state index >= 15 is 0 Å². The van der Waals surface area contributed by atoms with Gasteiger partial charge in [0.05, 0.1) is 26.6 Å². The quantitative estimate of drug-likeness (QED) is 0.387. The van der Waals surface area contributed by atoms with Crippen molar-refractivity contribution in [2.75, 3.05) is 27.7 Å². The number of benzene rings is 1. The molecule has 124 valence electrons. The molecule has 0 heterocycles. The van der Waals surface area contributed by atoms with E-state index in [0.29, 0.717) is 0 Å². The Morgan fingerprint density at radius 3 is 2.23 bits per heavy atom. The van der Waals surface area contributed by atoms with Gasteiger partial charge in [0, 0.05) is 0 Å². The van der Waals surface area contributed by atoms with Gasteiger partial charge in [-0.15, -0.1) is 0 Å². The number of carbonyl (C=O) groups is 1. The highest BCUT2D eigenvalue weighted by atomic mass is 127. The van der Waals surface area contributed by atoms with Crippen LogP contribution in [0.25, 0.3) is 0 Å². The molecule has 0 N–H and O–H groups in total. The van der Waals surface area contributed by atoms with Gasteiger partial charge < -0.3 is 33.2 Å². The van der Waals surface area contributed by atoms with E-state index in [1.54, 1.807) is 0 Å². The molecule has 2 rings (SSSR count). The van der Waals surface area contributed by atoms with Crippen molar-refractivity contribution in [1.82, 2.24) is 0 Å². The zero-order chi connectivity index (χ0) is 15.5. The van der Waals surface area contributed by atoms with Crippen molar-refractivity contribution in [2.24, 2.45) is 0 Å². The van der Waals surface area contributed by atoms with E-state index in [0.717, 1.165) is 42.3 Å². The highest BCUT2D eigenvalue weighted by Gasteiger charge is 2.44. The van der Waals surface area contributed by atoms with E-state index in [2.05, 4.69) is 33.3 Å². The molecule has 1 fully saturated rings. The first-order valence-electron chi connectivity index (χ1n) is 7.91. The molecule has 3 nitrogen and oxygen atoms in total. The predicted octanol–water partition coefficient (Wildman–Crippen LogP) is 0.140. The average Bonchev–Trinajstić information content (AvgIpc) is 2.88. The molecule has 0 bridgehead atoms. The monoisotopic (exact) mass is 417 g/mol. The third-order valence-corrected chi connectivity index (χ3v) is 4.29. The van der Waals surface area contributed by atoms with Crippen LogP contribution in [0.15, 0.2) is 30.3 Å². The lowest BCUT2D eigenvalue weighted by Gasteiger charge is -2.31. The molecular weight excluding hydrogens is 389 g/mol. The van der Waals surface area contributed by atoms with Crippen molar-refractivity contribution < 1.29 is 38.0 Å². The van der Waals surface area contributed by atoms with Gasteiger partial charge in [0.25, 0.3) is 0 Å². The topological polar surface area (TPSA) is 26.3 Å². The lowest BCUT2D eigenvalue weighted by molar-refractivity contribution is -0.873. The Morgan fingerprint density at radius 1 is 1.18 bits per heavy atom. The van der Waals surface area contributed by atoms with Crippen LogP contribution in [-0.2, 0) is 14.9 Å². The number of esters is 1. The number of hydrogen-bond donors (Lipinski definition) is 0. The Labute approximate surface area is 151 Å². The fourth-order valence-corrected chi connectivity index (χ4v) is 3.45. The van der Waals surface area contributed by atoms with Gasteiger partial charge in [-0.05, 0) is 25.3 Å². The maximum absolute atomic E-state index is 12.8. The molecule has 1 aromatic rings. The second kappa shape index (κ2) is 7.77. The molecule has 1 aliphatic rings. The van der Waals surface area contributed by atoms with Gasteiger partial charge in [-0.25, -0.2) is 0 Å². The van der Waals surface area contributed by atoms with Gasteiger partial charge in [0.1, 0.15) is 12.6 Å². The van der Waals surface area contributed by atoms with Crippen molar-refractivity contribution in [3.8, 4) is 0 Å². The minimum atomic E-state index is -0.416. The minimum absolute atomic E-state index is 0. The molecule has 0 amide bonds. The van der Waals surface area contributed by atoms with E-state index in [-0.39, 0.29) is 36.0 Å². The SMILES string of the molecule is CC(C[N+](C)(C)C)OC(=O)C1(c2ccccc2)CCCC1.[I-]. The summed E-state index contributed by atoms with van der Waals surface area (Å²) in [4.78, 5) is 12.8. The number of halogens is 1. The molecule has 1 saturated carbocycles. The van der Waals surface area contributed by atoms with E-state index < -0.39 is 5.41 Å². The van der Waals surface area contributed by atoms with Crippen molar-refractivity contribution >= 4 is 5.97 Å². The molecule has 1 aliphatic carbocycles. The summed E-state index contributed by atoms with van der Waals surface area (Å²) in [5.74, 6) is -0.0350. The molecule has 0 radical (unpaired) electrons. The summed E-state index contributed by atoms with van der Waals surface area (Å²) >= 11 is 0. The molecule has 0 aliphatic heterocycles. The van der Waals surface area contributed by atoms with E-state index in [1.165, 1.54) is 0 Å². The summed E-state index contributed by atoms with van der Waals surface area (Å²) in [5, 5.41) is 0. The first kappa shape index (κ1) is 19.4. The van der Waals surface area contributed by atoms with E-state index in [1.807, 2.05) is 25.1 Å². The highest BCUT2D eigenvalue weighted by Crippen LogP contribution is 2.42. The number of quaternary nitrogens is 1. The van der Waals surface area contributed by atoms with Crippen molar-refractivity contribution in [1.29, 1.82) is 0 Å². The second-order valence-electron chi connectivity index (χ2n) is 7.34. The van der Waals surface area contributed by atoms with Gasteiger partial charge in [0.2, 0.25) is 0 Å². The van der Waals surface area contributed by atoms with Crippen LogP contribution in [-0.4, -0.2) is 44.2 Å². The normalized spacial score (nSPS) is 18.4. The molecule has 0 spiro atoms. The fourth-order valence-electron chi connectivity index (χ4n) is 3.45. The zero-order valence-electron chi connectivity index (χ0n) is 14.1. The van der Waals surface area contributed by atoms with Crippen LogP contribution in [0.3, 0.4) is 0 Å². The van der Waals surface area contributed by atoms with E-state index in [4.69, 9.17) is 4.74 Å². The lowest BCUT2D eigenvalue weighted by Crippen LogP contribution is -3.00. The Hall–Kier alpha value is -0.620. The summed E-state index contributed by atoms with van der Waals surface area (Å²) in [6.07, 6.45) is 3.97. The number of carbonyl (C=O) groups excluding carboxylic acids is 1. The summed E-state index contributed by atoms with van der Waals surface area (Å²) in [6, 6.07) is 10.2. The van der Waals surface area contributed by atoms with Crippen LogP contribution in [0, 0.1) is 0 Å². The first-order chi connectivity index (χ1) is 9.83. The number of ether oxygens (including phenoxy) is 1. The third-order valence-electron chi connectivity index (χ3n) is 4.29. The Bertz CT molecular complexity index is 476. The van der Waals surface area contributed by atoms with Crippen LogP contribution in [0.1, 0.15) is 38.2 Å². The largest absolute Gasteiger partial charge is 1.00 e. The summed E-state index contributed by atoms with van der Waals surface area (Å²) in [7, 11) is 6.35. The Kier molecular flexibility index (Phi) is 6.86. The molecule has 1 unspecified atom stereocenters. The molecular formula is C18H28INO2. The molecule has 0 aromatic heterocycles. The van der Waals surface area contributed by atoms with Crippen LogP contribution in [0.5, 0.6) is 0 Å². The van der Waals surface area contributed by atoms with Crippen LogP contribution in [0.4, 0.5) is 0 Å². The van der Waals surface area contributed by atoms with Crippen molar-refractivity contribution in [2.45, 2.75) is 44.1 Å². The third kappa shape index (κ3) is 4.69. The Morgan fingerprint density at radius 2 is 1.73 bits per heavy atom. The highest BCUT2D eigenvalue weighted by molar-refractivity contribution is 5.83. The molecule has 4 heteroatoms. The van der Waals surface area contributed by atoms with Gasteiger partial charge in [-0.3, -0.25) is 4.79 Å². The summed E-state index contributed by atoms with van der Waals surface area (Å²) in [5.41, 5.74) is 0.699. The van der Waals surface area contributed by atoms with Crippen LogP contribution in [0.2, 0.25) is 0 Å². The van der Waals surface area contributed by atoms with Gasteiger partial charge in [-0.2, -0.15) is 0 Å². The van der Waals surface area contributed by atoms with Gasteiger partial charge in [0.15, 0.2) is 0 Å². The van der Waals surface area contributed by atoms with Gasteiger partial charge >= 0.3 is 5.97 Å². The first-order valence-corrected chi connectivity index (χ1v) is 7.91. The Balaban J connectivity index is 0.00000242. The predicted molar refractivity (Wildman–Crippen MR) is 85.0 cm³/mol. The number of nitrogens with zero attached hydrogens (tertiary/aromatic N) is 1. The molecule has 22 heavy (non-hydrogen) atoms. The number of hydrogen-bond acceptors (Lipinski definition) is 2. The minimum Gasteiger partial charge on any atom is -1.00 e. The van der Waals surface area contributed by atoms with Crippen molar-refractivity contribution in [3.05, 3.63) is 35.9 Å². The number of rotatable bonds is 5. The van der Waals surface area contributed by atoms with Crippen LogP contribution < -0.4 is 24.0 Å². The standard InChI is InChI=1S/C18H28NO2.HI/c1-15(14-19(2,3)4)21-17(20)18(12-8-9-13-18)16-10-6-5-7-11-16;/h5-7,10-11,15H,8-9,12-14H2,1-4H3;1H/q+1;/p-1. The van der Waals surface area contributed by atoms with Crippen LogP contribution >= 0.6 is 0 Å². The average molecular weight is 417 g/mol. The van der Waals surface area contributed by atoms with Crippen molar-refractivity contribution in [3.63, 3.8) is 0 Å². The smallest absolute Gasteiger partial charge is 0.317 e. The fraction of sp³-hybridized carbons (Fsp3) is 0.611. The summed E-state index contributed by atoms with van der Waals surface area (Å²) in [6.45, 7) is 2.83. The number of likely N-dealkylation sites (N-methyl/N-ethyl adjacent to an activating group) is 1.